The molecular formula is C19H23NO2. The third-order valence-corrected chi connectivity index (χ3v) is 4.55. The summed E-state index contributed by atoms with van der Waals surface area (Å²) < 4.78 is 5.29. The first-order valence-electron chi connectivity index (χ1n) is 8.12. The average Bonchev–Trinajstić information content (AvgIpc) is 3.08. The Labute approximate surface area is 131 Å². The summed E-state index contributed by atoms with van der Waals surface area (Å²) in [5.41, 5.74) is 2.12. The van der Waals surface area contributed by atoms with Gasteiger partial charge in [0.05, 0.1) is 12.8 Å². The lowest BCUT2D eigenvalue weighted by Gasteiger charge is -2.22. The Balaban J connectivity index is 1.65. The second-order valence-corrected chi connectivity index (χ2v) is 6.20. The van der Waals surface area contributed by atoms with E-state index in [1.165, 1.54) is 37.7 Å². The molecule has 1 aliphatic rings. The van der Waals surface area contributed by atoms with E-state index in [0.29, 0.717) is 12.5 Å². The van der Waals surface area contributed by atoms with Gasteiger partial charge in [0.15, 0.2) is 0 Å². The SMILES string of the molecule is CN(Cc1ccco1)C(=O)c1ccc(C2CCCCC2)cc1. The molecule has 0 atom stereocenters. The minimum atomic E-state index is 0.0339. The zero-order valence-corrected chi connectivity index (χ0v) is 13.1. The number of amides is 1. The Morgan fingerprint density at radius 1 is 1.14 bits per heavy atom. The number of benzene rings is 1. The normalized spacial score (nSPS) is 15.7. The summed E-state index contributed by atoms with van der Waals surface area (Å²) in [6.45, 7) is 0.496. The van der Waals surface area contributed by atoms with Crippen molar-refractivity contribution in [1.29, 1.82) is 0 Å². The molecule has 0 radical (unpaired) electrons. The largest absolute Gasteiger partial charge is 0.467 e. The minimum absolute atomic E-state index is 0.0339. The predicted molar refractivity (Wildman–Crippen MR) is 86.8 cm³/mol. The molecule has 3 heteroatoms. The molecule has 1 fully saturated rings. The highest BCUT2D eigenvalue weighted by molar-refractivity contribution is 5.94. The Bertz CT molecular complexity index is 595. The van der Waals surface area contributed by atoms with E-state index in [2.05, 4.69) is 12.1 Å². The van der Waals surface area contributed by atoms with Crippen LogP contribution < -0.4 is 0 Å². The molecule has 3 rings (SSSR count). The fourth-order valence-corrected chi connectivity index (χ4v) is 3.26. The van der Waals surface area contributed by atoms with Crippen molar-refractivity contribution in [2.45, 2.75) is 44.6 Å². The molecule has 3 nitrogen and oxygen atoms in total. The highest BCUT2D eigenvalue weighted by Crippen LogP contribution is 2.32. The van der Waals surface area contributed by atoms with Crippen molar-refractivity contribution < 1.29 is 9.21 Å². The summed E-state index contributed by atoms with van der Waals surface area (Å²) in [6.07, 6.45) is 8.23. The highest BCUT2D eigenvalue weighted by Gasteiger charge is 2.17. The van der Waals surface area contributed by atoms with Crippen molar-refractivity contribution in [2.75, 3.05) is 7.05 Å². The molecule has 0 N–H and O–H groups in total. The Hall–Kier alpha value is -2.03. The molecule has 0 unspecified atom stereocenters. The van der Waals surface area contributed by atoms with E-state index in [1.807, 2.05) is 24.3 Å². The van der Waals surface area contributed by atoms with E-state index >= 15 is 0 Å². The quantitative estimate of drug-likeness (QED) is 0.826. The number of rotatable bonds is 4. The number of carbonyl (C=O) groups excluding carboxylic acids is 1. The van der Waals surface area contributed by atoms with Crippen LogP contribution >= 0.6 is 0 Å². The monoisotopic (exact) mass is 297 g/mol. The van der Waals surface area contributed by atoms with Gasteiger partial charge in [0.25, 0.3) is 5.91 Å². The first-order valence-corrected chi connectivity index (χ1v) is 8.12. The van der Waals surface area contributed by atoms with Crippen LogP contribution in [0, 0.1) is 0 Å². The van der Waals surface area contributed by atoms with Gasteiger partial charge in [0, 0.05) is 12.6 Å². The van der Waals surface area contributed by atoms with Crippen molar-refractivity contribution >= 4 is 5.91 Å². The van der Waals surface area contributed by atoms with Crippen LogP contribution in [0.3, 0.4) is 0 Å². The van der Waals surface area contributed by atoms with E-state index in [0.717, 1.165) is 11.3 Å². The summed E-state index contributed by atoms with van der Waals surface area (Å²) >= 11 is 0. The highest BCUT2D eigenvalue weighted by atomic mass is 16.3. The maximum atomic E-state index is 12.4. The van der Waals surface area contributed by atoms with Gasteiger partial charge in [-0.1, -0.05) is 31.4 Å². The molecule has 1 aliphatic carbocycles. The number of hydrogen-bond donors (Lipinski definition) is 0. The van der Waals surface area contributed by atoms with Gasteiger partial charge in [-0.2, -0.15) is 0 Å². The minimum Gasteiger partial charge on any atom is -0.467 e. The molecule has 116 valence electrons. The molecule has 0 aliphatic heterocycles. The van der Waals surface area contributed by atoms with Crippen LogP contribution in [-0.4, -0.2) is 17.9 Å². The fourth-order valence-electron chi connectivity index (χ4n) is 3.26. The average molecular weight is 297 g/mol. The van der Waals surface area contributed by atoms with Crippen molar-refractivity contribution in [2.24, 2.45) is 0 Å². The zero-order valence-electron chi connectivity index (χ0n) is 13.1. The smallest absolute Gasteiger partial charge is 0.254 e. The molecular weight excluding hydrogens is 274 g/mol. The second kappa shape index (κ2) is 6.82. The number of hydrogen-bond acceptors (Lipinski definition) is 2. The molecule has 22 heavy (non-hydrogen) atoms. The summed E-state index contributed by atoms with van der Waals surface area (Å²) in [5, 5.41) is 0. The van der Waals surface area contributed by atoms with Crippen molar-refractivity contribution in [1.82, 2.24) is 4.90 Å². The van der Waals surface area contributed by atoms with Crippen molar-refractivity contribution in [3.8, 4) is 0 Å². The van der Waals surface area contributed by atoms with Crippen LogP contribution in [0.1, 0.15) is 59.7 Å². The van der Waals surface area contributed by atoms with Gasteiger partial charge in [-0.15, -0.1) is 0 Å². The lowest BCUT2D eigenvalue weighted by atomic mass is 9.84. The Morgan fingerprint density at radius 3 is 2.50 bits per heavy atom. The molecule has 1 aromatic carbocycles. The second-order valence-electron chi connectivity index (χ2n) is 6.20. The van der Waals surface area contributed by atoms with E-state index < -0.39 is 0 Å². The van der Waals surface area contributed by atoms with Gasteiger partial charge in [0.1, 0.15) is 5.76 Å². The van der Waals surface area contributed by atoms with Gasteiger partial charge < -0.3 is 9.32 Å². The maximum absolute atomic E-state index is 12.4. The molecule has 1 heterocycles. The van der Waals surface area contributed by atoms with E-state index in [9.17, 15) is 4.79 Å². The van der Waals surface area contributed by atoms with Gasteiger partial charge in [-0.3, -0.25) is 4.79 Å². The van der Waals surface area contributed by atoms with Crippen LogP contribution in [0.5, 0.6) is 0 Å². The standard InChI is InChI=1S/C19H23NO2/c1-20(14-18-8-5-13-22-18)19(21)17-11-9-16(10-12-17)15-6-3-2-4-7-15/h5,8-13,15H,2-4,6-7,14H2,1H3. The van der Waals surface area contributed by atoms with Gasteiger partial charge in [-0.05, 0) is 48.6 Å². The molecule has 1 saturated carbocycles. The summed E-state index contributed by atoms with van der Waals surface area (Å²) in [6, 6.07) is 11.9. The Morgan fingerprint density at radius 2 is 1.86 bits per heavy atom. The summed E-state index contributed by atoms with van der Waals surface area (Å²) in [4.78, 5) is 14.1. The number of nitrogens with zero attached hydrogens (tertiary/aromatic N) is 1. The molecule has 1 aromatic heterocycles. The van der Waals surface area contributed by atoms with Crippen LogP contribution in [0.4, 0.5) is 0 Å². The van der Waals surface area contributed by atoms with Crippen LogP contribution in [0.15, 0.2) is 47.1 Å². The summed E-state index contributed by atoms with van der Waals surface area (Å²) in [5.74, 6) is 1.51. The van der Waals surface area contributed by atoms with Crippen LogP contribution in [-0.2, 0) is 6.54 Å². The van der Waals surface area contributed by atoms with E-state index in [4.69, 9.17) is 4.42 Å². The van der Waals surface area contributed by atoms with E-state index in [1.54, 1.807) is 18.2 Å². The fraction of sp³-hybridized carbons (Fsp3) is 0.421. The van der Waals surface area contributed by atoms with Gasteiger partial charge in [-0.25, -0.2) is 0 Å². The molecule has 1 amide bonds. The molecule has 0 saturated heterocycles. The molecule has 0 bridgehead atoms. The van der Waals surface area contributed by atoms with E-state index in [-0.39, 0.29) is 5.91 Å². The molecule has 0 spiro atoms. The topological polar surface area (TPSA) is 33.5 Å². The predicted octanol–water partition coefficient (Wildman–Crippen LogP) is 4.60. The van der Waals surface area contributed by atoms with Crippen LogP contribution in [0.25, 0.3) is 0 Å². The van der Waals surface area contributed by atoms with Gasteiger partial charge >= 0.3 is 0 Å². The first kappa shape index (κ1) is 14.9. The third-order valence-electron chi connectivity index (χ3n) is 4.55. The maximum Gasteiger partial charge on any atom is 0.254 e. The Kier molecular flexibility index (Phi) is 4.62. The lowest BCUT2D eigenvalue weighted by Crippen LogP contribution is -2.26. The third kappa shape index (κ3) is 3.41. The lowest BCUT2D eigenvalue weighted by molar-refractivity contribution is 0.0775. The summed E-state index contributed by atoms with van der Waals surface area (Å²) in [7, 11) is 1.81. The van der Waals surface area contributed by atoms with Crippen molar-refractivity contribution in [3.05, 3.63) is 59.5 Å². The van der Waals surface area contributed by atoms with Crippen LogP contribution in [0.2, 0.25) is 0 Å². The zero-order chi connectivity index (χ0) is 15.4. The van der Waals surface area contributed by atoms with Gasteiger partial charge in [0.2, 0.25) is 0 Å². The number of carbonyl (C=O) groups is 1. The number of furan rings is 1. The van der Waals surface area contributed by atoms with Crippen molar-refractivity contribution in [3.63, 3.8) is 0 Å². The first-order chi connectivity index (χ1) is 10.7. The molecule has 2 aromatic rings.